The van der Waals surface area contributed by atoms with E-state index in [1.54, 1.807) is 6.20 Å². The predicted octanol–water partition coefficient (Wildman–Crippen LogP) is 2.41. The van der Waals surface area contributed by atoms with Crippen molar-refractivity contribution in [2.24, 2.45) is 0 Å². The minimum atomic E-state index is 0.502. The van der Waals surface area contributed by atoms with Gasteiger partial charge in [0.25, 0.3) is 0 Å². The van der Waals surface area contributed by atoms with Gasteiger partial charge in [-0.25, -0.2) is 4.98 Å². The van der Waals surface area contributed by atoms with E-state index in [0.717, 1.165) is 44.6 Å². The maximum absolute atomic E-state index is 5.72. The van der Waals surface area contributed by atoms with E-state index in [1.165, 1.54) is 11.1 Å². The van der Waals surface area contributed by atoms with Crippen LogP contribution in [0.3, 0.4) is 0 Å². The molecule has 0 spiro atoms. The van der Waals surface area contributed by atoms with Gasteiger partial charge < -0.3 is 9.47 Å². The first kappa shape index (κ1) is 17.8. The second-order valence-corrected chi connectivity index (χ2v) is 6.34. The fraction of sp³-hybridized carbons (Fsp3) is 0.526. The molecule has 1 aliphatic heterocycles. The average Bonchev–Trinajstić information content (AvgIpc) is 2.63. The van der Waals surface area contributed by atoms with Crippen LogP contribution in [0.4, 0.5) is 0 Å². The Morgan fingerprint density at radius 1 is 1.04 bits per heavy atom. The number of hydrogen-bond donors (Lipinski definition) is 0. The number of pyridine rings is 1. The molecule has 0 atom stereocenters. The van der Waals surface area contributed by atoms with Crippen LogP contribution in [0, 0.1) is 6.92 Å². The summed E-state index contributed by atoms with van der Waals surface area (Å²) in [7, 11) is 0. The van der Waals surface area contributed by atoms with Gasteiger partial charge in [0.05, 0.1) is 25.1 Å². The molecular formula is C19H26N4O2. The standard InChI is InChI=1S/C19H26N4O2/c1-16-12-20-6-5-17(16)15-23-7-3-2-4-18-13-21-14-19(22-18)25-11-10-24-9-8-23/h5-6,12-14H,2-4,7-11,15H2,1H3. The average molecular weight is 342 g/mol. The molecule has 0 fully saturated rings. The zero-order valence-electron chi connectivity index (χ0n) is 14.9. The lowest BCUT2D eigenvalue weighted by Crippen LogP contribution is -2.29. The van der Waals surface area contributed by atoms with Gasteiger partial charge in [-0.15, -0.1) is 0 Å². The first-order valence-electron chi connectivity index (χ1n) is 8.94. The highest BCUT2D eigenvalue weighted by Gasteiger charge is 2.09. The van der Waals surface area contributed by atoms with Crippen molar-refractivity contribution in [2.75, 3.05) is 32.9 Å². The summed E-state index contributed by atoms with van der Waals surface area (Å²) in [6.45, 7) is 6.80. The zero-order chi connectivity index (χ0) is 17.3. The van der Waals surface area contributed by atoms with Crippen LogP contribution in [0.1, 0.15) is 29.7 Å². The molecule has 3 heterocycles. The minimum Gasteiger partial charge on any atom is -0.474 e. The highest BCUT2D eigenvalue weighted by Crippen LogP contribution is 2.12. The second-order valence-electron chi connectivity index (χ2n) is 6.34. The third-order valence-corrected chi connectivity index (χ3v) is 4.38. The van der Waals surface area contributed by atoms with Crippen molar-refractivity contribution in [3.05, 3.63) is 47.7 Å². The van der Waals surface area contributed by atoms with Crippen molar-refractivity contribution in [1.29, 1.82) is 0 Å². The van der Waals surface area contributed by atoms with Gasteiger partial charge >= 0.3 is 0 Å². The summed E-state index contributed by atoms with van der Waals surface area (Å²) < 4.78 is 11.3. The van der Waals surface area contributed by atoms with E-state index in [2.05, 4.69) is 32.8 Å². The smallest absolute Gasteiger partial charge is 0.232 e. The minimum absolute atomic E-state index is 0.502. The fourth-order valence-electron chi connectivity index (χ4n) is 2.91. The molecule has 0 N–H and O–H groups in total. The van der Waals surface area contributed by atoms with E-state index in [-0.39, 0.29) is 0 Å². The lowest BCUT2D eigenvalue weighted by Gasteiger charge is -2.23. The van der Waals surface area contributed by atoms with Crippen molar-refractivity contribution in [3.63, 3.8) is 0 Å². The molecule has 0 saturated heterocycles. The highest BCUT2D eigenvalue weighted by molar-refractivity contribution is 5.21. The molecule has 6 heteroatoms. The number of aromatic nitrogens is 3. The lowest BCUT2D eigenvalue weighted by molar-refractivity contribution is 0.0758. The van der Waals surface area contributed by atoms with Crippen LogP contribution in [0.5, 0.6) is 5.88 Å². The van der Waals surface area contributed by atoms with Gasteiger partial charge in [-0.2, -0.15) is 0 Å². The number of hydrogen-bond acceptors (Lipinski definition) is 6. The lowest BCUT2D eigenvalue weighted by atomic mass is 10.1. The van der Waals surface area contributed by atoms with Crippen molar-refractivity contribution in [2.45, 2.75) is 32.7 Å². The van der Waals surface area contributed by atoms with E-state index in [4.69, 9.17) is 9.47 Å². The molecule has 0 amide bonds. The van der Waals surface area contributed by atoms with Gasteiger partial charge in [-0.1, -0.05) is 0 Å². The predicted molar refractivity (Wildman–Crippen MR) is 95.5 cm³/mol. The normalized spacial score (nSPS) is 17.5. The van der Waals surface area contributed by atoms with Crippen molar-refractivity contribution >= 4 is 0 Å². The Labute approximate surface area is 149 Å². The van der Waals surface area contributed by atoms with Crippen LogP contribution in [0.15, 0.2) is 30.9 Å². The third kappa shape index (κ3) is 5.76. The van der Waals surface area contributed by atoms with Gasteiger partial charge in [0.15, 0.2) is 0 Å². The molecule has 0 unspecified atom stereocenters. The molecule has 134 valence electrons. The molecule has 6 nitrogen and oxygen atoms in total. The molecule has 0 aromatic carbocycles. The monoisotopic (exact) mass is 342 g/mol. The topological polar surface area (TPSA) is 60.4 Å². The van der Waals surface area contributed by atoms with E-state index in [0.29, 0.717) is 25.7 Å². The Hall–Kier alpha value is -2.05. The van der Waals surface area contributed by atoms with Gasteiger partial charge in [0.1, 0.15) is 6.61 Å². The van der Waals surface area contributed by atoms with Gasteiger partial charge in [-0.05, 0) is 49.9 Å². The van der Waals surface area contributed by atoms with Gasteiger partial charge in [-0.3, -0.25) is 14.9 Å². The zero-order valence-corrected chi connectivity index (χ0v) is 14.9. The summed E-state index contributed by atoms with van der Waals surface area (Å²) in [5.74, 6) is 0.591. The van der Waals surface area contributed by atoms with Crippen LogP contribution >= 0.6 is 0 Å². The maximum atomic E-state index is 5.72. The quantitative estimate of drug-likeness (QED) is 0.835. The summed E-state index contributed by atoms with van der Waals surface area (Å²) in [5.41, 5.74) is 3.56. The SMILES string of the molecule is Cc1cnccc1CN1CCCCc2cncc(n2)OCCOCC1. The molecule has 0 saturated carbocycles. The Bertz CT molecular complexity index is 665. The molecule has 1 aliphatic rings. The largest absolute Gasteiger partial charge is 0.474 e. The van der Waals surface area contributed by atoms with Crippen LogP contribution in [-0.4, -0.2) is 52.8 Å². The van der Waals surface area contributed by atoms with Crippen molar-refractivity contribution in [3.8, 4) is 5.88 Å². The summed E-state index contributed by atoms with van der Waals surface area (Å²) in [5, 5.41) is 0. The molecule has 0 radical (unpaired) electrons. The number of aryl methyl sites for hydroxylation is 2. The number of rotatable bonds is 2. The molecule has 25 heavy (non-hydrogen) atoms. The maximum Gasteiger partial charge on any atom is 0.232 e. The second kappa shape index (κ2) is 9.44. The van der Waals surface area contributed by atoms with Gasteiger partial charge in [0.2, 0.25) is 5.88 Å². The van der Waals surface area contributed by atoms with Crippen molar-refractivity contribution < 1.29 is 9.47 Å². The molecular weight excluding hydrogens is 316 g/mol. The fourth-order valence-corrected chi connectivity index (χ4v) is 2.91. The summed E-state index contributed by atoms with van der Waals surface area (Å²) >= 11 is 0. The van der Waals surface area contributed by atoms with Crippen LogP contribution in [0.2, 0.25) is 0 Å². The number of nitrogens with zero attached hydrogens (tertiary/aromatic N) is 4. The third-order valence-electron chi connectivity index (χ3n) is 4.38. The van der Waals surface area contributed by atoms with Gasteiger partial charge in [0, 0.05) is 31.7 Å². The van der Waals surface area contributed by atoms with Crippen LogP contribution < -0.4 is 4.74 Å². The Morgan fingerprint density at radius 3 is 2.92 bits per heavy atom. The van der Waals surface area contributed by atoms with E-state index >= 15 is 0 Å². The molecule has 3 rings (SSSR count). The Kier molecular flexibility index (Phi) is 6.71. The number of fused-ring (bicyclic) bond motifs is 2. The molecule has 0 aliphatic carbocycles. The summed E-state index contributed by atoms with van der Waals surface area (Å²) in [6.07, 6.45) is 10.4. The Morgan fingerprint density at radius 2 is 2.00 bits per heavy atom. The molecule has 2 aromatic rings. The van der Waals surface area contributed by atoms with Crippen molar-refractivity contribution in [1.82, 2.24) is 19.9 Å². The first-order chi connectivity index (χ1) is 12.3. The molecule has 2 aromatic heterocycles. The Balaban J connectivity index is 1.60. The first-order valence-corrected chi connectivity index (χ1v) is 8.94. The van der Waals surface area contributed by atoms with Crippen LogP contribution in [-0.2, 0) is 17.7 Å². The highest BCUT2D eigenvalue weighted by atomic mass is 16.5. The van der Waals surface area contributed by atoms with Crippen LogP contribution in [0.25, 0.3) is 0 Å². The van der Waals surface area contributed by atoms with E-state index in [9.17, 15) is 0 Å². The van der Waals surface area contributed by atoms with E-state index < -0.39 is 0 Å². The molecule has 2 bridgehead atoms. The summed E-state index contributed by atoms with van der Waals surface area (Å²) in [6, 6.07) is 2.11. The number of ether oxygens (including phenoxy) is 2. The van der Waals surface area contributed by atoms with E-state index in [1.807, 2.05) is 18.6 Å². The summed E-state index contributed by atoms with van der Waals surface area (Å²) in [4.78, 5) is 15.3.